The average Bonchev–Trinajstić information content (AvgIpc) is 3.17. The van der Waals surface area contributed by atoms with Gasteiger partial charge in [0.1, 0.15) is 5.52 Å². The number of aromatic nitrogens is 1. The lowest BCUT2D eigenvalue weighted by atomic mass is 10.2. The van der Waals surface area contributed by atoms with Gasteiger partial charge in [0.25, 0.3) is 5.91 Å². The Balaban J connectivity index is 1.58. The number of carbonyl (C=O) groups excluding carboxylic acids is 1. The second kappa shape index (κ2) is 8.49. The van der Waals surface area contributed by atoms with Gasteiger partial charge in [0, 0.05) is 36.6 Å². The first-order valence-electron chi connectivity index (χ1n) is 9.38. The molecular weight excluding hydrogens is 437 g/mol. The average molecular weight is 456 g/mol. The van der Waals surface area contributed by atoms with Crippen LogP contribution in [-0.2, 0) is 0 Å². The largest absolute Gasteiger partial charge is 0.494 e. The molecule has 158 valence electrons. The van der Waals surface area contributed by atoms with Crippen LogP contribution in [0.5, 0.6) is 5.75 Å². The number of oxazole rings is 1. The summed E-state index contributed by atoms with van der Waals surface area (Å²) in [5, 5.41) is 3.35. The lowest BCUT2D eigenvalue weighted by molar-refractivity contribution is 0.102. The summed E-state index contributed by atoms with van der Waals surface area (Å²) >= 11 is 12.3. The minimum absolute atomic E-state index is 0.261. The van der Waals surface area contributed by atoms with Crippen LogP contribution in [-0.4, -0.2) is 32.1 Å². The Bertz CT molecular complexity index is 1240. The Morgan fingerprint density at radius 2 is 1.71 bits per heavy atom. The summed E-state index contributed by atoms with van der Waals surface area (Å²) in [6, 6.07) is 16.2. The molecule has 1 N–H and O–H groups in total. The van der Waals surface area contributed by atoms with Crippen LogP contribution in [0.2, 0.25) is 10.0 Å². The molecule has 0 aliphatic rings. The maximum absolute atomic E-state index is 12.7. The minimum Gasteiger partial charge on any atom is -0.494 e. The SMILES string of the molecule is COc1c(Cl)cc(C(=O)Nc2ccc3oc(-c4ccc(N(C)C)cc4)nc3c2)cc1Cl. The number of nitrogens with one attached hydrogen (secondary N) is 1. The topological polar surface area (TPSA) is 67.6 Å². The van der Waals surface area contributed by atoms with E-state index in [4.69, 9.17) is 32.4 Å². The van der Waals surface area contributed by atoms with Crippen molar-refractivity contribution in [2.75, 3.05) is 31.4 Å². The summed E-state index contributed by atoms with van der Waals surface area (Å²) in [4.78, 5) is 19.2. The van der Waals surface area contributed by atoms with Gasteiger partial charge in [-0.25, -0.2) is 4.98 Å². The first-order chi connectivity index (χ1) is 14.9. The van der Waals surface area contributed by atoms with Gasteiger partial charge < -0.3 is 19.4 Å². The number of hydrogen-bond acceptors (Lipinski definition) is 5. The lowest BCUT2D eigenvalue weighted by Gasteiger charge is -2.11. The minimum atomic E-state index is -0.353. The number of carbonyl (C=O) groups is 1. The van der Waals surface area contributed by atoms with E-state index in [0.29, 0.717) is 34.0 Å². The zero-order chi connectivity index (χ0) is 22.1. The van der Waals surface area contributed by atoms with Crippen molar-refractivity contribution < 1.29 is 13.9 Å². The summed E-state index contributed by atoms with van der Waals surface area (Å²) in [6.07, 6.45) is 0. The third-order valence-corrected chi connectivity index (χ3v) is 5.30. The van der Waals surface area contributed by atoms with Gasteiger partial charge in [-0.05, 0) is 54.6 Å². The highest BCUT2D eigenvalue weighted by molar-refractivity contribution is 6.37. The fraction of sp³-hybridized carbons (Fsp3) is 0.130. The quantitative estimate of drug-likeness (QED) is 0.392. The Labute approximate surface area is 189 Å². The molecule has 0 radical (unpaired) electrons. The number of methoxy groups -OCH3 is 1. The number of amides is 1. The lowest BCUT2D eigenvalue weighted by Crippen LogP contribution is -2.12. The fourth-order valence-electron chi connectivity index (χ4n) is 3.12. The molecule has 1 aromatic heterocycles. The molecule has 0 atom stereocenters. The molecule has 0 bridgehead atoms. The number of fused-ring (bicyclic) bond motifs is 1. The standard InChI is InChI=1S/C23H19Cl2N3O3/c1-28(2)16-7-4-13(5-8-16)23-27-19-12-15(6-9-20(19)31-23)26-22(29)14-10-17(24)21(30-3)18(25)11-14/h4-12H,1-3H3,(H,26,29). The van der Waals surface area contributed by atoms with Crippen LogP contribution in [0.15, 0.2) is 59.0 Å². The van der Waals surface area contributed by atoms with E-state index in [0.717, 1.165) is 11.3 Å². The molecular formula is C23H19Cl2N3O3. The zero-order valence-corrected chi connectivity index (χ0v) is 18.6. The summed E-state index contributed by atoms with van der Waals surface area (Å²) in [5.74, 6) is 0.487. The molecule has 4 aromatic rings. The molecule has 8 heteroatoms. The molecule has 0 aliphatic carbocycles. The molecule has 4 rings (SSSR count). The van der Waals surface area contributed by atoms with E-state index in [2.05, 4.69) is 10.3 Å². The molecule has 1 amide bonds. The van der Waals surface area contributed by atoms with Crippen molar-refractivity contribution >= 4 is 51.6 Å². The fourth-order valence-corrected chi connectivity index (χ4v) is 3.76. The second-order valence-corrected chi connectivity index (χ2v) is 7.88. The van der Waals surface area contributed by atoms with Gasteiger partial charge in [-0.15, -0.1) is 0 Å². The Hall–Kier alpha value is -3.22. The van der Waals surface area contributed by atoms with Crippen molar-refractivity contribution in [3.05, 3.63) is 70.2 Å². The van der Waals surface area contributed by atoms with E-state index in [1.54, 1.807) is 18.2 Å². The zero-order valence-electron chi connectivity index (χ0n) is 17.1. The maximum Gasteiger partial charge on any atom is 0.255 e. The molecule has 0 aliphatic heterocycles. The summed E-state index contributed by atoms with van der Waals surface area (Å²) in [7, 11) is 5.43. The molecule has 3 aromatic carbocycles. The van der Waals surface area contributed by atoms with E-state index >= 15 is 0 Å². The number of benzene rings is 3. The predicted octanol–water partition coefficient (Wildman–Crippen LogP) is 6.13. The van der Waals surface area contributed by atoms with Gasteiger partial charge in [-0.1, -0.05) is 23.2 Å². The van der Waals surface area contributed by atoms with Crippen LogP contribution in [0.3, 0.4) is 0 Å². The molecule has 0 saturated heterocycles. The second-order valence-electron chi connectivity index (χ2n) is 7.07. The van der Waals surface area contributed by atoms with E-state index in [9.17, 15) is 4.79 Å². The van der Waals surface area contributed by atoms with Crippen molar-refractivity contribution in [1.82, 2.24) is 4.98 Å². The van der Waals surface area contributed by atoms with Gasteiger partial charge in [-0.2, -0.15) is 0 Å². The van der Waals surface area contributed by atoms with E-state index in [1.165, 1.54) is 19.2 Å². The Kier molecular flexibility index (Phi) is 5.76. The summed E-state index contributed by atoms with van der Waals surface area (Å²) in [5.41, 5.74) is 4.11. The van der Waals surface area contributed by atoms with Crippen molar-refractivity contribution in [3.63, 3.8) is 0 Å². The molecule has 0 fully saturated rings. The van der Waals surface area contributed by atoms with Crippen LogP contribution in [0, 0.1) is 0 Å². The highest BCUT2D eigenvalue weighted by Gasteiger charge is 2.15. The molecule has 6 nitrogen and oxygen atoms in total. The molecule has 0 saturated carbocycles. The number of halogens is 2. The van der Waals surface area contributed by atoms with Crippen LogP contribution < -0.4 is 15.0 Å². The number of anilines is 2. The third-order valence-electron chi connectivity index (χ3n) is 4.74. The molecule has 0 unspecified atom stereocenters. The van der Waals surface area contributed by atoms with Gasteiger partial charge in [-0.3, -0.25) is 4.79 Å². The third kappa shape index (κ3) is 4.31. The van der Waals surface area contributed by atoms with Gasteiger partial charge in [0.2, 0.25) is 5.89 Å². The van der Waals surface area contributed by atoms with Crippen LogP contribution >= 0.6 is 23.2 Å². The van der Waals surface area contributed by atoms with E-state index in [-0.39, 0.29) is 16.0 Å². The molecule has 0 spiro atoms. The Morgan fingerprint density at radius 3 is 2.32 bits per heavy atom. The van der Waals surface area contributed by atoms with Crippen molar-refractivity contribution in [3.8, 4) is 17.2 Å². The Morgan fingerprint density at radius 1 is 1.03 bits per heavy atom. The van der Waals surface area contributed by atoms with Crippen LogP contribution in [0.4, 0.5) is 11.4 Å². The summed E-state index contributed by atoms with van der Waals surface area (Å²) in [6.45, 7) is 0. The van der Waals surface area contributed by atoms with E-state index in [1.807, 2.05) is 43.3 Å². The normalized spacial score (nSPS) is 10.9. The predicted molar refractivity (Wildman–Crippen MR) is 125 cm³/mol. The number of nitrogens with zero attached hydrogens (tertiary/aromatic N) is 2. The van der Waals surface area contributed by atoms with Crippen molar-refractivity contribution in [2.45, 2.75) is 0 Å². The van der Waals surface area contributed by atoms with Crippen molar-refractivity contribution in [2.24, 2.45) is 0 Å². The molecule has 31 heavy (non-hydrogen) atoms. The number of ether oxygens (including phenoxy) is 1. The first-order valence-corrected chi connectivity index (χ1v) is 10.1. The summed E-state index contributed by atoms with van der Waals surface area (Å²) < 4.78 is 11.0. The van der Waals surface area contributed by atoms with Gasteiger partial charge in [0.15, 0.2) is 11.3 Å². The molecule has 1 heterocycles. The van der Waals surface area contributed by atoms with Gasteiger partial charge in [0.05, 0.1) is 17.2 Å². The maximum atomic E-state index is 12.7. The first kappa shape index (κ1) is 21.0. The van der Waals surface area contributed by atoms with Crippen LogP contribution in [0.1, 0.15) is 10.4 Å². The highest BCUT2D eigenvalue weighted by Crippen LogP contribution is 2.34. The van der Waals surface area contributed by atoms with Gasteiger partial charge >= 0.3 is 0 Å². The number of hydrogen-bond donors (Lipinski definition) is 1. The van der Waals surface area contributed by atoms with E-state index < -0.39 is 0 Å². The number of rotatable bonds is 5. The highest BCUT2D eigenvalue weighted by atomic mass is 35.5. The van der Waals surface area contributed by atoms with Crippen LogP contribution in [0.25, 0.3) is 22.6 Å². The monoisotopic (exact) mass is 455 g/mol. The van der Waals surface area contributed by atoms with Crippen molar-refractivity contribution in [1.29, 1.82) is 0 Å². The smallest absolute Gasteiger partial charge is 0.255 e.